The number of aryl methyl sites for hydroxylation is 2. The lowest BCUT2D eigenvalue weighted by Gasteiger charge is -2.26. The SMILES string of the molecule is Cc1cc(C)cc(C(=O)NCC(=O)NC2CCOc3ccccc32)c1. The monoisotopic (exact) mass is 338 g/mol. The zero-order valence-electron chi connectivity index (χ0n) is 14.5. The van der Waals surface area contributed by atoms with Gasteiger partial charge in [-0.1, -0.05) is 35.4 Å². The third-order valence-corrected chi connectivity index (χ3v) is 4.19. The van der Waals surface area contributed by atoms with Crippen molar-refractivity contribution in [2.45, 2.75) is 26.3 Å². The number of ether oxygens (including phenoxy) is 1. The molecule has 25 heavy (non-hydrogen) atoms. The van der Waals surface area contributed by atoms with Gasteiger partial charge in [0.05, 0.1) is 19.2 Å². The smallest absolute Gasteiger partial charge is 0.251 e. The summed E-state index contributed by atoms with van der Waals surface area (Å²) in [6, 6.07) is 13.2. The first-order valence-electron chi connectivity index (χ1n) is 8.40. The number of hydrogen-bond donors (Lipinski definition) is 2. The Morgan fingerprint density at radius 2 is 1.84 bits per heavy atom. The summed E-state index contributed by atoms with van der Waals surface area (Å²) in [5.74, 6) is 0.354. The molecule has 1 unspecified atom stereocenters. The van der Waals surface area contributed by atoms with Crippen LogP contribution in [0.15, 0.2) is 42.5 Å². The van der Waals surface area contributed by atoms with Crippen molar-refractivity contribution < 1.29 is 14.3 Å². The van der Waals surface area contributed by atoms with Crippen LogP contribution >= 0.6 is 0 Å². The second kappa shape index (κ2) is 7.38. The number of rotatable bonds is 4. The lowest BCUT2D eigenvalue weighted by atomic mass is 10.0. The van der Waals surface area contributed by atoms with E-state index in [9.17, 15) is 9.59 Å². The first-order chi connectivity index (χ1) is 12.0. The molecule has 0 aromatic heterocycles. The average molecular weight is 338 g/mol. The molecule has 0 aliphatic carbocycles. The molecule has 0 saturated carbocycles. The summed E-state index contributed by atoms with van der Waals surface area (Å²) in [4.78, 5) is 24.5. The number of hydrogen-bond acceptors (Lipinski definition) is 3. The van der Waals surface area contributed by atoms with E-state index in [0.717, 1.165) is 22.4 Å². The Kier molecular flexibility index (Phi) is 5.03. The normalized spacial score (nSPS) is 15.7. The van der Waals surface area contributed by atoms with Crippen molar-refractivity contribution in [3.8, 4) is 5.75 Å². The van der Waals surface area contributed by atoms with E-state index in [2.05, 4.69) is 10.6 Å². The predicted octanol–water partition coefficient (Wildman–Crippen LogP) is 2.67. The van der Waals surface area contributed by atoms with Crippen LogP contribution in [0.1, 0.15) is 39.5 Å². The molecule has 0 spiro atoms. The molecule has 1 atom stereocenters. The standard InChI is InChI=1S/C20H22N2O3/c1-13-9-14(2)11-15(10-13)20(24)21-12-19(23)22-17-7-8-25-18-6-4-3-5-16(17)18/h3-6,9-11,17H,7-8,12H2,1-2H3,(H,21,24)(H,22,23). The van der Waals surface area contributed by atoms with E-state index in [0.29, 0.717) is 18.6 Å². The van der Waals surface area contributed by atoms with Gasteiger partial charge in [0, 0.05) is 17.5 Å². The zero-order valence-corrected chi connectivity index (χ0v) is 14.5. The molecule has 2 aromatic rings. The second-order valence-electron chi connectivity index (χ2n) is 6.35. The number of carbonyl (C=O) groups excluding carboxylic acids is 2. The highest BCUT2D eigenvalue weighted by Crippen LogP contribution is 2.31. The molecule has 0 fully saturated rings. The van der Waals surface area contributed by atoms with Gasteiger partial charge in [-0.05, 0) is 32.0 Å². The first kappa shape index (κ1) is 17.0. The van der Waals surface area contributed by atoms with Crippen molar-refractivity contribution in [2.75, 3.05) is 13.2 Å². The number of benzene rings is 2. The highest BCUT2D eigenvalue weighted by Gasteiger charge is 2.22. The minimum atomic E-state index is -0.241. The van der Waals surface area contributed by atoms with Gasteiger partial charge in [-0.25, -0.2) is 0 Å². The molecule has 0 saturated heterocycles. The molecule has 130 valence electrons. The molecule has 1 aliphatic rings. The Labute approximate surface area is 147 Å². The fraction of sp³-hybridized carbons (Fsp3) is 0.300. The fourth-order valence-corrected chi connectivity index (χ4v) is 3.11. The number of amides is 2. The summed E-state index contributed by atoms with van der Waals surface area (Å²) in [6.45, 7) is 4.40. The molecule has 5 nitrogen and oxygen atoms in total. The molecule has 3 rings (SSSR count). The van der Waals surface area contributed by atoms with Crippen molar-refractivity contribution in [3.05, 3.63) is 64.7 Å². The summed E-state index contributed by atoms with van der Waals surface area (Å²) in [7, 11) is 0. The maximum absolute atomic E-state index is 12.2. The minimum Gasteiger partial charge on any atom is -0.493 e. The van der Waals surface area contributed by atoms with Crippen LogP contribution in [-0.2, 0) is 4.79 Å². The van der Waals surface area contributed by atoms with Crippen LogP contribution in [0.4, 0.5) is 0 Å². The van der Waals surface area contributed by atoms with Crippen molar-refractivity contribution in [1.82, 2.24) is 10.6 Å². The maximum Gasteiger partial charge on any atom is 0.251 e. The molecule has 0 bridgehead atoms. The van der Waals surface area contributed by atoms with Crippen molar-refractivity contribution >= 4 is 11.8 Å². The molecule has 5 heteroatoms. The fourth-order valence-electron chi connectivity index (χ4n) is 3.11. The molecule has 1 aliphatic heterocycles. The van der Waals surface area contributed by atoms with E-state index < -0.39 is 0 Å². The van der Waals surface area contributed by atoms with Crippen LogP contribution in [0.5, 0.6) is 5.75 Å². The molecule has 2 amide bonds. The quantitative estimate of drug-likeness (QED) is 0.901. The van der Waals surface area contributed by atoms with Crippen LogP contribution in [0.2, 0.25) is 0 Å². The van der Waals surface area contributed by atoms with Gasteiger partial charge in [0.25, 0.3) is 5.91 Å². The number of carbonyl (C=O) groups is 2. The van der Waals surface area contributed by atoms with Gasteiger partial charge in [0.2, 0.25) is 5.91 Å². The summed E-state index contributed by atoms with van der Waals surface area (Å²) in [6.07, 6.45) is 0.716. The van der Waals surface area contributed by atoms with Gasteiger partial charge in [0.15, 0.2) is 0 Å². The van der Waals surface area contributed by atoms with Crippen LogP contribution in [0.25, 0.3) is 0 Å². The van der Waals surface area contributed by atoms with E-state index in [1.54, 1.807) is 0 Å². The summed E-state index contributed by atoms with van der Waals surface area (Å²) in [5.41, 5.74) is 3.59. The third kappa shape index (κ3) is 4.18. The summed E-state index contributed by atoms with van der Waals surface area (Å²) >= 11 is 0. The Hall–Kier alpha value is -2.82. The summed E-state index contributed by atoms with van der Waals surface area (Å²) < 4.78 is 5.59. The van der Waals surface area contributed by atoms with Crippen LogP contribution in [-0.4, -0.2) is 25.0 Å². The lowest BCUT2D eigenvalue weighted by molar-refractivity contribution is -0.121. The van der Waals surface area contributed by atoms with Gasteiger partial charge in [-0.3, -0.25) is 9.59 Å². The zero-order chi connectivity index (χ0) is 17.8. The third-order valence-electron chi connectivity index (χ3n) is 4.19. The van der Waals surface area contributed by atoms with Crippen LogP contribution in [0.3, 0.4) is 0 Å². The Morgan fingerprint density at radius 3 is 2.60 bits per heavy atom. The predicted molar refractivity (Wildman–Crippen MR) is 95.7 cm³/mol. The number of fused-ring (bicyclic) bond motifs is 1. The second-order valence-corrected chi connectivity index (χ2v) is 6.35. The highest BCUT2D eigenvalue weighted by atomic mass is 16.5. The van der Waals surface area contributed by atoms with Gasteiger partial charge >= 0.3 is 0 Å². The van der Waals surface area contributed by atoms with E-state index >= 15 is 0 Å². The van der Waals surface area contributed by atoms with E-state index in [4.69, 9.17) is 4.74 Å². The van der Waals surface area contributed by atoms with Crippen molar-refractivity contribution in [3.63, 3.8) is 0 Å². The molecule has 1 heterocycles. The topological polar surface area (TPSA) is 67.4 Å². The first-order valence-corrected chi connectivity index (χ1v) is 8.40. The van der Waals surface area contributed by atoms with Gasteiger partial charge < -0.3 is 15.4 Å². The van der Waals surface area contributed by atoms with Crippen molar-refractivity contribution in [1.29, 1.82) is 0 Å². The largest absolute Gasteiger partial charge is 0.493 e. The van der Waals surface area contributed by atoms with Crippen molar-refractivity contribution in [2.24, 2.45) is 0 Å². The molecular formula is C20H22N2O3. The average Bonchev–Trinajstić information content (AvgIpc) is 2.59. The van der Waals surface area contributed by atoms with Gasteiger partial charge in [-0.15, -0.1) is 0 Å². The van der Waals surface area contributed by atoms with E-state index in [-0.39, 0.29) is 24.4 Å². The summed E-state index contributed by atoms with van der Waals surface area (Å²) in [5, 5.41) is 5.66. The Balaban J connectivity index is 1.58. The minimum absolute atomic E-state index is 0.0503. The Morgan fingerprint density at radius 1 is 1.12 bits per heavy atom. The number of nitrogens with one attached hydrogen (secondary N) is 2. The molecule has 2 N–H and O–H groups in total. The molecule has 0 radical (unpaired) electrons. The Bertz CT molecular complexity index is 781. The molecule has 2 aromatic carbocycles. The highest BCUT2D eigenvalue weighted by molar-refractivity contribution is 5.96. The van der Waals surface area contributed by atoms with E-state index in [1.165, 1.54) is 0 Å². The number of para-hydroxylation sites is 1. The maximum atomic E-state index is 12.2. The van der Waals surface area contributed by atoms with E-state index in [1.807, 2.05) is 56.3 Å². The van der Waals surface area contributed by atoms with Gasteiger partial charge in [-0.2, -0.15) is 0 Å². The lowest BCUT2D eigenvalue weighted by Crippen LogP contribution is -2.40. The van der Waals surface area contributed by atoms with Gasteiger partial charge in [0.1, 0.15) is 5.75 Å². The van der Waals surface area contributed by atoms with Crippen LogP contribution in [0, 0.1) is 13.8 Å². The molecular weight excluding hydrogens is 316 g/mol. The van der Waals surface area contributed by atoms with Crippen LogP contribution < -0.4 is 15.4 Å².